The highest BCUT2D eigenvalue weighted by Crippen LogP contribution is 2.16. The number of methoxy groups -OCH3 is 1. The molecule has 0 saturated carbocycles. The summed E-state index contributed by atoms with van der Waals surface area (Å²) in [6, 6.07) is 6.78. The van der Waals surface area contributed by atoms with Gasteiger partial charge in [-0.3, -0.25) is 4.79 Å². The van der Waals surface area contributed by atoms with Crippen LogP contribution in [0.1, 0.15) is 13.8 Å². The average molecular weight is 297 g/mol. The van der Waals surface area contributed by atoms with Gasteiger partial charge in [0.15, 0.2) is 0 Å². The van der Waals surface area contributed by atoms with Gasteiger partial charge in [0.25, 0.3) is 5.91 Å². The number of nitrogens with one attached hydrogen (secondary N) is 2. The second kappa shape index (κ2) is 7.55. The standard InChI is InChI=1S/C14H17ClN2O3/c1-9(2)16-14(19)12(8-13(18)20-3)17-11-6-4-5-10(15)7-11/h4-9,17H,1-3H3,(H,16,19)/b12-8-. The zero-order valence-electron chi connectivity index (χ0n) is 11.6. The molecule has 0 radical (unpaired) electrons. The molecule has 0 heterocycles. The topological polar surface area (TPSA) is 67.4 Å². The molecule has 0 aliphatic rings. The predicted molar refractivity (Wildman–Crippen MR) is 78.5 cm³/mol. The van der Waals surface area contributed by atoms with Crippen molar-refractivity contribution in [1.29, 1.82) is 0 Å². The molecule has 0 atom stereocenters. The number of rotatable bonds is 5. The minimum atomic E-state index is -0.617. The van der Waals surface area contributed by atoms with E-state index < -0.39 is 11.9 Å². The van der Waals surface area contributed by atoms with Crippen molar-refractivity contribution in [2.75, 3.05) is 12.4 Å². The lowest BCUT2D eigenvalue weighted by molar-refractivity contribution is -0.135. The lowest BCUT2D eigenvalue weighted by Gasteiger charge is -2.13. The second-order valence-electron chi connectivity index (χ2n) is 4.34. The third-order valence-corrected chi connectivity index (χ3v) is 2.47. The van der Waals surface area contributed by atoms with Gasteiger partial charge in [-0.2, -0.15) is 0 Å². The summed E-state index contributed by atoms with van der Waals surface area (Å²) in [5, 5.41) is 6.08. The van der Waals surface area contributed by atoms with Crippen LogP contribution in [-0.4, -0.2) is 25.0 Å². The zero-order valence-corrected chi connectivity index (χ0v) is 12.3. The third kappa shape index (κ3) is 5.32. The molecule has 0 aliphatic heterocycles. The lowest BCUT2D eigenvalue weighted by atomic mass is 10.2. The fourth-order valence-corrected chi connectivity index (χ4v) is 1.59. The van der Waals surface area contributed by atoms with E-state index in [0.29, 0.717) is 10.7 Å². The molecule has 0 aromatic heterocycles. The van der Waals surface area contributed by atoms with Crippen LogP contribution in [0.5, 0.6) is 0 Å². The van der Waals surface area contributed by atoms with E-state index in [1.165, 1.54) is 7.11 Å². The normalized spacial score (nSPS) is 11.2. The minimum Gasteiger partial charge on any atom is -0.466 e. The molecule has 0 unspecified atom stereocenters. The van der Waals surface area contributed by atoms with Crippen LogP contribution < -0.4 is 10.6 Å². The van der Waals surface area contributed by atoms with Gasteiger partial charge < -0.3 is 15.4 Å². The van der Waals surface area contributed by atoms with Gasteiger partial charge in [0.2, 0.25) is 0 Å². The maximum absolute atomic E-state index is 12.0. The molecule has 0 saturated heterocycles. The van der Waals surface area contributed by atoms with Crippen LogP contribution in [0.15, 0.2) is 36.0 Å². The highest BCUT2D eigenvalue weighted by Gasteiger charge is 2.13. The number of esters is 1. The number of hydrogen-bond acceptors (Lipinski definition) is 4. The van der Waals surface area contributed by atoms with Crippen LogP contribution in [0.3, 0.4) is 0 Å². The van der Waals surface area contributed by atoms with E-state index in [1.54, 1.807) is 24.3 Å². The fourth-order valence-electron chi connectivity index (χ4n) is 1.40. The zero-order chi connectivity index (χ0) is 15.1. The lowest BCUT2D eigenvalue weighted by Crippen LogP contribution is -2.34. The first-order valence-electron chi connectivity index (χ1n) is 6.05. The maximum atomic E-state index is 12.0. The van der Waals surface area contributed by atoms with Gasteiger partial charge in [0.05, 0.1) is 13.2 Å². The van der Waals surface area contributed by atoms with Crippen molar-refractivity contribution in [3.8, 4) is 0 Å². The monoisotopic (exact) mass is 296 g/mol. The molecule has 2 N–H and O–H groups in total. The number of amides is 1. The molecule has 0 bridgehead atoms. The number of hydrogen-bond donors (Lipinski definition) is 2. The summed E-state index contributed by atoms with van der Waals surface area (Å²) in [6.45, 7) is 3.65. The van der Waals surface area contributed by atoms with E-state index >= 15 is 0 Å². The molecule has 0 fully saturated rings. The Morgan fingerprint density at radius 1 is 1.35 bits per heavy atom. The first-order chi connectivity index (χ1) is 9.42. The van der Waals surface area contributed by atoms with E-state index in [9.17, 15) is 9.59 Å². The van der Waals surface area contributed by atoms with Crippen LogP contribution in [0.25, 0.3) is 0 Å². The Bertz CT molecular complexity index is 527. The first kappa shape index (κ1) is 16.0. The van der Waals surface area contributed by atoms with Gasteiger partial charge >= 0.3 is 5.97 Å². The van der Waals surface area contributed by atoms with Crippen molar-refractivity contribution < 1.29 is 14.3 Å². The Balaban J connectivity index is 2.96. The second-order valence-corrected chi connectivity index (χ2v) is 4.78. The molecule has 5 nitrogen and oxygen atoms in total. The molecular weight excluding hydrogens is 280 g/mol. The van der Waals surface area contributed by atoms with Gasteiger partial charge in [-0.25, -0.2) is 4.79 Å². The summed E-state index contributed by atoms with van der Waals surface area (Å²) in [5.74, 6) is -1.01. The molecule has 1 aromatic carbocycles. The highest BCUT2D eigenvalue weighted by molar-refractivity contribution is 6.30. The highest BCUT2D eigenvalue weighted by atomic mass is 35.5. The summed E-state index contributed by atoms with van der Waals surface area (Å²) in [4.78, 5) is 23.3. The third-order valence-electron chi connectivity index (χ3n) is 2.23. The molecule has 108 valence electrons. The molecule has 0 aliphatic carbocycles. The van der Waals surface area contributed by atoms with E-state index in [2.05, 4.69) is 15.4 Å². The van der Waals surface area contributed by atoms with Crippen molar-refractivity contribution in [3.63, 3.8) is 0 Å². The van der Waals surface area contributed by atoms with Crippen molar-refractivity contribution in [2.45, 2.75) is 19.9 Å². The van der Waals surface area contributed by atoms with Crippen LogP contribution in [-0.2, 0) is 14.3 Å². The minimum absolute atomic E-state index is 0.0512. The van der Waals surface area contributed by atoms with E-state index in [4.69, 9.17) is 11.6 Å². The van der Waals surface area contributed by atoms with Crippen LogP contribution in [0, 0.1) is 0 Å². The van der Waals surface area contributed by atoms with Crippen LogP contribution in [0.2, 0.25) is 5.02 Å². The number of benzene rings is 1. The molecule has 0 spiro atoms. The summed E-state index contributed by atoms with van der Waals surface area (Å²) in [5.41, 5.74) is 0.694. The summed E-state index contributed by atoms with van der Waals surface area (Å²) in [6.07, 6.45) is 1.10. The van der Waals surface area contributed by atoms with Crippen molar-refractivity contribution >= 4 is 29.2 Å². The van der Waals surface area contributed by atoms with Gasteiger partial charge in [-0.15, -0.1) is 0 Å². The fraction of sp³-hybridized carbons (Fsp3) is 0.286. The van der Waals surface area contributed by atoms with Gasteiger partial charge in [-0.05, 0) is 32.0 Å². The van der Waals surface area contributed by atoms with Crippen LogP contribution in [0.4, 0.5) is 5.69 Å². The molecule has 1 amide bonds. The summed E-state index contributed by atoms with van der Waals surface area (Å²) in [7, 11) is 1.25. The molecule has 1 rings (SSSR count). The Kier molecular flexibility index (Phi) is 6.06. The Morgan fingerprint density at radius 2 is 2.05 bits per heavy atom. The van der Waals surface area contributed by atoms with Gasteiger partial charge in [0, 0.05) is 16.8 Å². The Morgan fingerprint density at radius 3 is 2.60 bits per heavy atom. The van der Waals surface area contributed by atoms with E-state index in [1.807, 2.05) is 13.8 Å². The van der Waals surface area contributed by atoms with Crippen LogP contribution >= 0.6 is 11.6 Å². The first-order valence-corrected chi connectivity index (χ1v) is 6.43. The van der Waals surface area contributed by atoms with E-state index in [0.717, 1.165) is 6.08 Å². The Hall–Kier alpha value is -2.01. The number of carbonyl (C=O) groups is 2. The van der Waals surface area contributed by atoms with Crippen molar-refractivity contribution in [2.24, 2.45) is 0 Å². The summed E-state index contributed by atoms with van der Waals surface area (Å²) >= 11 is 5.87. The van der Waals surface area contributed by atoms with E-state index in [-0.39, 0.29) is 11.7 Å². The van der Waals surface area contributed by atoms with Gasteiger partial charge in [-0.1, -0.05) is 17.7 Å². The maximum Gasteiger partial charge on any atom is 0.332 e. The Labute approximate surface area is 123 Å². The number of halogens is 1. The number of anilines is 1. The van der Waals surface area contributed by atoms with Gasteiger partial charge in [0.1, 0.15) is 5.70 Å². The number of carbonyl (C=O) groups excluding carboxylic acids is 2. The quantitative estimate of drug-likeness (QED) is 0.646. The largest absolute Gasteiger partial charge is 0.466 e. The molecule has 20 heavy (non-hydrogen) atoms. The SMILES string of the molecule is COC(=O)/C=C(\Nc1cccc(Cl)c1)C(=O)NC(C)C. The molecule has 1 aromatic rings. The summed E-state index contributed by atoms with van der Waals surface area (Å²) < 4.78 is 4.54. The van der Waals surface area contributed by atoms with Crippen molar-refractivity contribution in [3.05, 3.63) is 41.1 Å². The molecular formula is C14H17ClN2O3. The van der Waals surface area contributed by atoms with Crippen molar-refractivity contribution in [1.82, 2.24) is 5.32 Å². The average Bonchev–Trinajstić information content (AvgIpc) is 2.37. The number of ether oxygens (including phenoxy) is 1. The smallest absolute Gasteiger partial charge is 0.332 e. The molecule has 6 heteroatoms. The predicted octanol–water partition coefficient (Wildman–Crippen LogP) is 2.33.